The first-order chi connectivity index (χ1) is 8.52. The summed E-state index contributed by atoms with van der Waals surface area (Å²) in [5.74, 6) is 0.315. The van der Waals surface area contributed by atoms with Gasteiger partial charge in [-0.2, -0.15) is 0 Å². The van der Waals surface area contributed by atoms with E-state index in [2.05, 4.69) is 13.8 Å². The molecule has 18 heavy (non-hydrogen) atoms. The average Bonchev–Trinajstić information content (AvgIpc) is 2.36. The molecule has 0 aromatic rings. The molecule has 1 fully saturated rings. The standard InChI is InChI=1S/C14H25NO3/c1-3-11(2)9-13(16)15-8-4-5-12(10-15)6-7-14(17)18/h11-12H,3-10H2,1-2H3,(H,17,18). The van der Waals surface area contributed by atoms with Gasteiger partial charge >= 0.3 is 5.97 Å². The number of likely N-dealkylation sites (tertiary alicyclic amines) is 1. The highest BCUT2D eigenvalue weighted by Crippen LogP contribution is 2.22. The van der Waals surface area contributed by atoms with Crippen LogP contribution in [0.3, 0.4) is 0 Å². The minimum atomic E-state index is -0.738. The second-order valence-electron chi connectivity index (χ2n) is 5.50. The Hall–Kier alpha value is -1.06. The van der Waals surface area contributed by atoms with Crippen LogP contribution in [0.1, 0.15) is 52.4 Å². The van der Waals surface area contributed by atoms with Crippen LogP contribution in [0.5, 0.6) is 0 Å². The van der Waals surface area contributed by atoms with Gasteiger partial charge in [0, 0.05) is 25.9 Å². The molecule has 0 aliphatic carbocycles. The Morgan fingerprint density at radius 3 is 2.78 bits per heavy atom. The molecule has 4 nitrogen and oxygen atoms in total. The number of rotatable bonds is 6. The number of carbonyl (C=O) groups excluding carboxylic acids is 1. The topological polar surface area (TPSA) is 57.6 Å². The molecule has 1 N–H and O–H groups in total. The third kappa shape index (κ3) is 5.07. The van der Waals surface area contributed by atoms with E-state index in [1.165, 1.54) is 0 Å². The van der Waals surface area contributed by atoms with Crippen molar-refractivity contribution < 1.29 is 14.7 Å². The summed E-state index contributed by atoms with van der Waals surface area (Å²) in [5, 5.41) is 8.69. The van der Waals surface area contributed by atoms with Crippen LogP contribution in [-0.4, -0.2) is 35.0 Å². The lowest BCUT2D eigenvalue weighted by molar-refractivity contribution is -0.137. The molecule has 1 aliphatic rings. The van der Waals surface area contributed by atoms with Crippen molar-refractivity contribution in [3.8, 4) is 0 Å². The largest absolute Gasteiger partial charge is 0.481 e. The maximum absolute atomic E-state index is 12.1. The molecule has 0 spiro atoms. The number of carboxylic acids is 1. The predicted octanol–water partition coefficient (Wildman–Crippen LogP) is 2.53. The van der Waals surface area contributed by atoms with Gasteiger partial charge in [-0.25, -0.2) is 0 Å². The van der Waals surface area contributed by atoms with E-state index in [0.717, 1.165) is 32.4 Å². The third-order valence-electron chi connectivity index (χ3n) is 3.86. The molecule has 2 atom stereocenters. The second kappa shape index (κ2) is 7.39. The quantitative estimate of drug-likeness (QED) is 0.793. The van der Waals surface area contributed by atoms with Gasteiger partial charge in [0.25, 0.3) is 0 Å². The van der Waals surface area contributed by atoms with Crippen LogP contribution in [0.15, 0.2) is 0 Å². The number of aliphatic carboxylic acids is 1. The fourth-order valence-electron chi connectivity index (χ4n) is 2.43. The van der Waals surface area contributed by atoms with Gasteiger partial charge in [0.05, 0.1) is 0 Å². The highest BCUT2D eigenvalue weighted by atomic mass is 16.4. The SMILES string of the molecule is CCC(C)CC(=O)N1CCCC(CCC(=O)O)C1. The van der Waals surface area contributed by atoms with E-state index < -0.39 is 5.97 Å². The van der Waals surface area contributed by atoms with Gasteiger partial charge in [-0.3, -0.25) is 9.59 Å². The van der Waals surface area contributed by atoms with E-state index in [-0.39, 0.29) is 12.3 Å². The van der Waals surface area contributed by atoms with Gasteiger partial charge < -0.3 is 10.0 Å². The van der Waals surface area contributed by atoms with Crippen molar-refractivity contribution >= 4 is 11.9 Å². The molecule has 0 aromatic carbocycles. The van der Waals surface area contributed by atoms with Crippen molar-refractivity contribution in [2.45, 2.75) is 52.4 Å². The minimum absolute atomic E-state index is 0.220. The second-order valence-corrected chi connectivity index (χ2v) is 5.50. The summed E-state index contributed by atoms with van der Waals surface area (Å²) in [7, 11) is 0. The molecule has 0 saturated carbocycles. The molecule has 1 rings (SSSR count). The highest BCUT2D eigenvalue weighted by molar-refractivity contribution is 5.76. The van der Waals surface area contributed by atoms with Crippen LogP contribution in [-0.2, 0) is 9.59 Å². The molecule has 0 bridgehead atoms. The Labute approximate surface area is 109 Å². The zero-order valence-electron chi connectivity index (χ0n) is 11.5. The molecule has 4 heteroatoms. The van der Waals surface area contributed by atoms with E-state index in [9.17, 15) is 9.59 Å². The van der Waals surface area contributed by atoms with Crippen LogP contribution in [0.25, 0.3) is 0 Å². The van der Waals surface area contributed by atoms with Gasteiger partial charge in [0.15, 0.2) is 0 Å². The lowest BCUT2D eigenvalue weighted by Crippen LogP contribution is -2.40. The van der Waals surface area contributed by atoms with Crippen molar-refractivity contribution in [2.24, 2.45) is 11.8 Å². The molecule has 104 valence electrons. The van der Waals surface area contributed by atoms with Gasteiger partial charge in [-0.1, -0.05) is 20.3 Å². The molecule has 0 aromatic heterocycles. The van der Waals surface area contributed by atoms with E-state index in [1.54, 1.807) is 0 Å². The average molecular weight is 255 g/mol. The number of amides is 1. The van der Waals surface area contributed by atoms with E-state index in [1.807, 2.05) is 4.90 Å². The number of piperidine rings is 1. The van der Waals surface area contributed by atoms with Crippen molar-refractivity contribution in [2.75, 3.05) is 13.1 Å². The number of nitrogens with zero attached hydrogens (tertiary/aromatic N) is 1. The monoisotopic (exact) mass is 255 g/mol. The van der Waals surface area contributed by atoms with Crippen LogP contribution >= 0.6 is 0 Å². The van der Waals surface area contributed by atoms with Gasteiger partial charge in [0.2, 0.25) is 5.91 Å². The lowest BCUT2D eigenvalue weighted by Gasteiger charge is -2.33. The van der Waals surface area contributed by atoms with Crippen LogP contribution in [0, 0.1) is 11.8 Å². The Kier molecular flexibility index (Phi) is 6.16. The summed E-state index contributed by atoms with van der Waals surface area (Å²) < 4.78 is 0. The third-order valence-corrected chi connectivity index (χ3v) is 3.86. The van der Waals surface area contributed by atoms with E-state index >= 15 is 0 Å². The summed E-state index contributed by atoms with van der Waals surface area (Å²) in [6, 6.07) is 0. The summed E-state index contributed by atoms with van der Waals surface area (Å²) in [5.41, 5.74) is 0. The molecule has 1 heterocycles. The number of carboxylic acid groups (broad SMARTS) is 1. The maximum atomic E-state index is 12.1. The molecule has 0 radical (unpaired) electrons. The van der Waals surface area contributed by atoms with Crippen LogP contribution < -0.4 is 0 Å². The molecular formula is C14H25NO3. The maximum Gasteiger partial charge on any atom is 0.303 e. The summed E-state index contributed by atoms with van der Waals surface area (Å²) in [6.07, 6.45) is 4.64. The smallest absolute Gasteiger partial charge is 0.303 e. The summed E-state index contributed by atoms with van der Waals surface area (Å²) in [4.78, 5) is 24.6. The van der Waals surface area contributed by atoms with Crippen molar-refractivity contribution in [1.82, 2.24) is 4.90 Å². The minimum Gasteiger partial charge on any atom is -0.481 e. The number of carbonyl (C=O) groups is 2. The first-order valence-electron chi connectivity index (χ1n) is 7.02. The Bertz CT molecular complexity index is 291. The lowest BCUT2D eigenvalue weighted by atomic mass is 9.92. The molecule has 1 aliphatic heterocycles. The summed E-state index contributed by atoms with van der Waals surface area (Å²) >= 11 is 0. The summed E-state index contributed by atoms with van der Waals surface area (Å²) in [6.45, 7) is 5.80. The van der Waals surface area contributed by atoms with Crippen LogP contribution in [0.4, 0.5) is 0 Å². The first kappa shape index (κ1) is 15.0. The highest BCUT2D eigenvalue weighted by Gasteiger charge is 2.24. The normalized spacial score (nSPS) is 21.7. The van der Waals surface area contributed by atoms with E-state index in [0.29, 0.717) is 24.7 Å². The zero-order valence-corrected chi connectivity index (χ0v) is 11.5. The van der Waals surface area contributed by atoms with Crippen molar-refractivity contribution in [3.05, 3.63) is 0 Å². The van der Waals surface area contributed by atoms with Crippen LogP contribution in [0.2, 0.25) is 0 Å². The number of hydrogen-bond acceptors (Lipinski definition) is 2. The molecular weight excluding hydrogens is 230 g/mol. The Morgan fingerprint density at radius 2 is 2.17 bits per heavy atom. The first-order valence-corrected chi connectivity index (χ1v) is 7.02. The molecule has 2 unspecified atom stereocenters. The Morgan fingerprint density at radius 1 is 1.44 bits per heavy atom. The zero-order chi connectivity index (χ0) is 13.5. The fourth-order valence-corrected chi connectivity index (χ4v) is 2.43. The van der Waals surface area contributed by atoms with Gasteiger partial charge in [0.1, 0.15) is 0 Å². The van der Waals surface area contributed by atoms with Gasteiger partial charge in [-0.15, -0.1) is 0 Å². The fraction of sp³-hybridized carbons (Fsp3) is 0.857. The predicted molar refractivity (Wildman–Crippen MR) is 70.2 cm³/mol. The van der Waals surface area contributed by atoms with Crippen molar-refractivity contribution in [3.63, 3.8) is 0 Å². The van der Waals surface area contributed by atoms with Crippen molar-refractivity contribution in [1.29, 1.82) is 0 Å². The number of hydrogen-bond donors (Lipinski definition) is 1. The molecule has 1 saturated heterocycles. The Balaban J connectivity index is 2.38. The van der Waals surface area contributed by atoms with E-state index in [4.69, 9.17) is 5.11 Å². The molecule has 1 amide bonds. The van der Waals surface area contributed by atoms with Gasteiger partial charge in [-0.05, 0) is 31.1 Å².